The van der Waals surface area contributed by atoms with Crippen LogP contribution in [-0.2, 0) is 12.8 Å². The number of thiophene rings is 1. The van der Waals surface area contributed by atoms with Crippen molar-refractivity contribution < 1.29 is 4.79 Å². The van der Waals surface area contributed by atoms with Crippen molar-refractivity contribution in [3.8, 4) is 0 Å². The Morgan fingerprint density at radius 2 is 2.19 bits per heavy atom. The number of nitrogens with two attached hydrogens (primary N) is 1. The number of amides is 1. The Labute approximate surface area is 127 Å². The van der Waals surface area contributed by atoms with Gasteiger partial charge in [-0.1, -0.05) is 0 Å². The second-order valence-electron chi connectivity index (χ2n) is 6.51. The van der Waals surface area contributed by atoms with Crippen molar-refractivity contribution in [3.63, 3.8) is 0 Å². The predicted molar refractivity (Wildman–Crippen MR) is 85.8 cm³/mol. The summed E-state index contributed by atoms with van der Waals surface area (Å²) in [4.78, 5) is 18.7. The van der Waals surface area contributed by atoms with E-state index in [0.717, 1.165) is 35.9 Å². The van der Waals surface area contributed by atoms with E-state index in [-0.39, 0.29) is 11.4 Å². The average Bonchev–Trinajstić information content (AvgIpc) is 2.99. The van der Waals surface area contributed by atoms with Gasteiger partial charge in [0.1, 0.15) is 9.71 Å². The highest BCUT2D eigenvalue weighted by Crippen LogP contribution is 2.37. The van der Waals surface area contributed by atoms with Crippen LogP contribution in [0.25, 0.3) is 10.2 Å². The molecule has 4 rings (SSSR count). The molecule has 21 heavy (non-hydrogen) atoms. The van der Waals surface area contributed by atoms with E-state index in [1.165, 1.54) is 35.4 Å². The number of nitrogens with zero attached hydrogens (tertiary/aromatic N) is 1. The van der Waals surface area contributed by atoms with Crippen molar-refractivity contribution in [2.45, 2.75) is 51.0 Å². The largest absolute Gasteiger partial charge is 0.397 e. The minimum atomic E-state index is -0.0467. The predicted octanol–water partition coefficient (Wildman–Crippen LogP) is 3.04. The number of carbonyl (C=O) groups is 1. The molecule has 2 aliphatic rings. The summed E-state index contributed by atoms with van der Waals surface area (Å²) in [5.41, 5.74) is 9.25. The van der Waals surface area contributed by atoms with E-state index in [1.54, 1.807) is 0 Å². The average molecular weight is 301 g/mol. The van der Waals surface area contributed by atoms with Crippen LogP contribution in [0.4, 0.5) is 5.69 Å². The Morgan fingerprint density at radius 3 is 2.90 bits per heavy atom. The highest BCUT2D eigenvalue weighted by atomic mass is 32.1. The lowest BCUT2D eigenvalue weighted by Crippen LogP contribution is -2.50. The maximum atomic E-state index is 12.5. The Kier molecular flexibility index (Phi) is 2.76. The number of aromatic nitrogens is 1. The third kappa shape index (κ3) is 2.02. The number of fused-ring (bicyclic) bond motifs is 2. The molecule has 0 aromatic carbocycles. The zero-order valence-electron chi connectivity index (χ0n) is 12.2. The maximum Gasteiger partial charge on any atom is 0.263 e. The Balaban J connectivity index is 1.72. The molecular formula is C16H19N3OS. The lowest BCUT2D eigenvalue weighted by atomic mass is 9.78. The molecule has 2 aromatic rings. The summed E-state index contributed by atoms with van der Waals surface area (Å²) in [6.07, 6.45) is 6.58. The third-order valence-corrected chi connectivity index (χ3v) is 5.94. The first-order chi connectivity index (χ1) is 10.1. The van der Waals surface area contributed by atoms with Crippen LogP contribution in [0.2, 0.25) is 0 Å². The highest BCUT2D eigenvalue weighted by molar-refractivity contribution is 7.21. The minimum absolute atomic E-state index is 0.0436. The summed E-state index contributed by atoms with van der Waals surface area (Å²) in [6, 6.07) is 2.14. The molecule has 110 valence electrons. The van der Waals surface area contributed by atoms with Crippen LogP contribution >= 0.6 is 11.3 Å². The summed E-state index contributed by atoms with van der Waals surface area (Å²) in [6.45, 7) is 2.10. The van der Waals surface area contributed by atoms with Crippen molar-refractivity contribution in [1.82, 2.24) is 10.3 Å². The van der Waals surface area contributed by atoms with Gasteiger partial charge in [0, 0.05) is 16.6 Å². The smallest absolute Gasteiger partial charge is 0.263 e. The molecule has 0 unspecified atom stereocenters. The zero-order chi connectivity index (χ0) is 14.6. The number of nitrogen functional groups attached to an aromatic ring is 1. The maximum absolute atomic E-state index is 12.5. The van der Waals surface area contributed by atoms with Gasteiger partial charge in [-0.25, -0.2) is 4.98 Å². The van der Waals surface area contributed by atoms with E-state index in [0.29, 0.717) is 10.6 Å². The molecule has 3 N–H and O–H groups in total. The fraction of sp³-hybridized carbons (Fsp3) is 0.500. The Bertz CT molecular complexity index is 746. The van der Waals surface area contributed by atoms with Crippen molar-refractivity contribution in [2.24, 2.45) is 0 Å². The third-order valence-electron chi connectivity index (χ3n) is 4.83. The molecule has 2 heterocycles. The Hall–Kier alpha value is -1.62. The van der Waals surface area contributed by atoms with Gasteiger partial charge >= 0.3 is 0 Å². The van der Waals surface area contributed by atoms with Gasteiger partial charge < -0.3 is 11.1 Å². The molecular weight excluding hydrogens is 282 g/mol. The first-order valence-electron chi connectivity index (χ1n) is 7.59. The molecule has 1 amide bonds. The monoisotopic (exact) mass is 301 g/mol. The number of hydrogen-bond donors (Lipinski definition) is 2. The number of carbonyl (C=O) groups excluding carboxylic acids is 1. The van der Waals surface area contributed by atoms with Crippen LogP contribution < -0.4 is 11.1 Å². The normalized spacial score (nSPS) is 19.3. The van der Waals surface area contributed by atoms with Gasteiger partial charge in [0.2, 0.25) is 0 Å². The molecule has 5 heteroatoms. The Morgan fingerprint density at radius 1 is 1.38 bits per heavy atom. The van der Waals surface area contributed by atoms with Gasteiger partial charge in [0.25, 0.3) is 5.91 Å². The van der Waals surface area contributed by atoms with Gasteiger partial charge in [0.05, 0.1) is 5.69 Å². The van der Waals surface area contributed by atoms with E-state index in [4.69, 9.17) is 10.7 Å². The molecule has 2 aromatic heterocycles. The van der Waals surface area contributed by atoms with Gasteiger partial charge in [-0.2, -0.15) is 0 Å². The second-order valence-corrected chi connectivity index (χ2v) is 7.51. The van der Waals surface area contributed by atoms with E-state index in [2.05, 4.69) is 18.3 Å². The highest BCUT2D eigenvalue weighted by Gasteiger charge is 2.34. The quantitative estimate of drug-likeness (QED) is 0.896. The van der Waals surface area contributed by atoms with Crippen molar-refractivity contribution in [1.29, 1.82) is 0 Å². The molecule has 0 spiro atoms. The van der Waals surface area contributed by atoms with Crippen LogP contribution in [0.5, 0.6) is 0 Å². The molecule has 4 nitrogen and oxygen atoms in total. The molecule has 1 saturated carbocycles. The van der Waals surface area contributed by atoms with Crippen LogP contribution in [0, 0.1) is 0 Å². The summed E-state index contributed by atoms with van der Waals surface area (Å²) < 4.78 is 0. The summed E-state index contributed by atoms with van der Waals surface area (Å²) >= 11 is 1.43. The van der Waals surface area contributed by atoms with Crippen LogP contribution in [-0.4, -0.2) is 16.4 Å². The topological polar surface area (TPSA) is 68.0 Å². The molecule has 0 atom stereocenters. The first-order valence-corrected chi connectivity index (χ1v) is 8.41. The van der Waals surface area contributed by atoms with Gasteiger partial charge in [-0.3, -0.25) is 4.79 Å². The minimum Gasteiger partial charge on any atom is -0.397 e. The number of anilines is 1. The SMILES string of the molecule is CC1(NC(=O)c2sc3nc4c(cc3c2N)CCC4)CCC1. The van der Waals surface area contributed by atoms with Crippen LogP contribution in [0.1, 0.15) is 53.5 Å². The summed E-state index contributed by atoms with van der Waals surface area (Å²) in [5, 5.41) is 4.08. The number of rotatable bonds is 2. The molecule has 0 aliphatic heterocycles. The lowest BCUT2D eigenvalue weighted by Gasteiger charge is -2.39. The molecule has 2 aliphatic carbocycles. The molecule has 0 bridgehead atoms. The number of aryl methyl sites for hydroxylation is 2. The second kappa shape index (κ2) is 4.44. The van der Waals surface area contributed by atoms with Crippen LogP contribution in [0.15, 0.2) is 6.07 Å². The summed E-state index contributed by atoms with van der Waals surface area (Å²) in [5.74, 6) is -0.0436. The van der Waals surface area contributed by atoms with E-state index >= 15 is 0 Å². The summed E-state index contributed by atoms with van der Waals surface area (Å²) in [7, 11) is 0. The zero-order valence-corrected chi connectivity index (χ0v) is 13.0. The standard InChI is InChI=1S/C16H19N3OS/c1-16(6-3-7-16)19-14(20)13-12(17)10-8-9-4-2-5-11(9)18-15(10)21-13/h8H,2-7,17H2,1H3,(H,19,20). The number of hydrogen-bond acceptors (Lipinski definition) is 4. The van der Waals surface area contributed by atoms with E-state index in [9.17, 15) is 4.79 Å². The van der Waals surface area contributed by atoms with Gasteiger partial charge in [0.15, 0.2) is 0 Å². The fourth-order valence-corrected chi connectivity index (χ4v) is 4.32. The van der Waals surface area contributed by atoms with Crippen molar-refractivity contribution in [2.75, 3.05) is 5.73 Å². The lowest BCUT2D eigenvalue weighted by molar-refractivity contribution is 0.0855. The van der Waals surface area contributed by atoms with Crippen LogP contribution in [0.3, 0.4) is 0 Å². The molecule has 0 saturated heterocycles. The van der Waals surface area contributed by atoms with E-state index < -0.39 is 0 Å². The number of pyridine rings is 1. The van der Waals surface area contributed by atoms with Gasteiger partial charge in [-0.05, 0) is 57.1 Å². The molecule has 1 fully saturated rings. The van der Waals surface area contributed by atoms with Gasteiger partial charge in [-0.15, -0.1) is 11.3 Å². The first kappa shape index (κ1) is 13.1. The van der Waals surface area contributed by atoms with Crippen molar-refractivity contribution in [3.05, 3.63) is 22.2 Å². The fourth-order valence-electron chi connectivity index (χ4n) is 3.33. The molecule has 0 radical (unpaired) electrons. The number of nitrogens with one attached hydrogen (secondary N) is 1. The van der Waals surface area contributed by atoms with E-state index in [1.807, 2.05) is 0 Å². The van der Waals surface area contributed by atoms with Crippen molar-refractivity contribution >= 4 is 33.1 Å².